The lowest BCUT2D eigenvalue weighted by molar-refractivity contribution is -0.690. The van der Waals surface area contributed by atoms with E-state index in [-0.39, 0.29) is 57.9 Å². The number of phenols is 2. The fraction of sp³-hybridized carbons (Fsp3) is 0.0588. The molecule has 0 aliphatic heterocycles. The highest BCUT2D eigenvalue weighted by Gasteiger charge is 2.45. The first kappa shape index (κ1) is 24.8. The van der Waals surface area contributed by atoms with Gasteiger partial charge < -0.3 is 10.2 Å². The zero-order valence-electron chi connectivity index (χ0n) is 22.6. The first-order valence-electron chi connectivity index (χ1n) is 13.7. The maximum absolute atomic E-state index is 14.2. The molecule has 0 radical (unpaired) electrons. The van der Waals surface area contributed by atoms with Gasteiger partial charge in [0, 0.05) is 16.2 Å². The van der Waals surface area contributed by atoms with Gasteiger partial charge >= 0.3 is 0 Å². The lowest BCUT2D eigenvalue weighted by Crippen LogP contribution is -2.41. The number of fused-ring (bicyclic) bond motifs is 5. The highest BCUT2D eigenvalue weighted by molar-refractivity contribution is 6.30. The van der Waals surface area contributed by atoms with Crippen LogP contribution < -0.4 is 4.57 Å². The molecule has 0 atom stereocenters. The van der Waals surface area contributed by atoms with Crippen LogP contribution in [0.2, 0.25) is 0 Å². The Hall–Kier alpha value is -5.96. The number of rotatable bonds is 4. The monoisotopic (exact) mass is 564 g/mol. The van der Waals surface area contributed by atoms with Crippen LogP contribution in [0.15, 0.2) is 97.5 Å². The quantitative estimate of drug-likeness (QED) is 0.235. The normalized spacial score (nSPS) is 12.7. The number of carbonyl (C=O) groups excluding carboxylic acids is 2. The van der Waals surface area contributed by atoms with Crippen molar-refractivity contribution >= 4 is 44.3 Å². The van der Waals surface area contributed by atoms with Gasteiger partial charge in [-0.1, -0.05) is 60.7 Å². The van der Waals surface area contributed by atoms with E-state index in [1.165, 1.54) is 0 Å². The van der Waals surface area contributed by atoms with Crippen LogP contribution in [0.1, 0.15) is 43.5 Å². The van der Waals surface area contributed by atoms with Crippen LogP contribution in [-0.2, 0) is 13.1 Å². The lowest BCUT2D eigenvalue weighted by atomic mass is 9.85. The summed E-state index contributed by atoms with van der Waals surface area (Å²) < 4.78 is 3.33. The zero-order chi connectivity index (χ0) is 29.2. The highest BCUT2D eigenvalue weighted by Crippen LogP contribution is 2.43. The summed E-state index contributed by atoms with van der Waals surface area (Å²) in [4.78, 5) is 42.4. The highest BCUT2D eigenvalue weighted by atomic mass is 16.3. The van der Waals surface area contributed by atoms with Gasteiger partial charge in [-0.25, -0.2) is 19.1 Å². The number of nitrogens with zero attached hydrogens (tertiary/aromatic N) is 5. The summed E-state index contributed by atoms with van der Waals surface area (Å²) in [6, 6.07) is 25.7. The van der Waals surface area contributed by atoms with Crippen molar-refractivity contribution in [1.29, 1.82) is 0 Å². The van der Waals surface area contributed by atoms with Crippen LogP contribution in [0.3, 0.4) is 0 Å². The number of phenolic OH excluding ortho intramolecular Hbond substituents is 2. The number of imidazole rings is 1. The summed E-state index contributed by atoms with van der Waals surface area (Å²) in [7, 11) is 0. The molecule has 0 saturated heterocycles. The van der Waals surface area contributed by atoms with Crippen LogP contribution in [0.5, 0.6) is 11.5 Å². The van der Waals surface area contributed by atoms with Crippen molar-refractivity contribution in [2.45, 2.75) is 13.1 Å². The molecule has 0 fully saturated rings. The second-order valence-corrected chi connectivity index (χ2v) is 10.6. The molecule has 4 aromatic carbocycles. The number of hydrogen-bond acceptors (Lipinski definition) is 7. The van der Waals surface area contributed by atoms with Crippen molar-refractivity contribution in [2.24, 2.45) is 0 Å². The Labute approximate surface area is 244 Å². The van der Waals surface area contributed by atoms with Gasteiger partial charge in [0.1, 0.15) is 30.3 Å². The van der Waals surface area contributed by atoms with Gasteiger partial charge in [0.25, 0.3) is 0 Å². The first-order valence-corrected chi connectivity index (χ1v) is 13.7. The number of ketones is 2. The summed E-state index contributed by atoms with van der Waals surface area (Å²) in [6.45, 7) is 0.339. The molecule has 9 heteroatoms. The Morgan fingerprint density at radius 1 is 0.674 bits per heavy atom. The van der Waals surface area contributed by atoms with E-state index >= 15 is 0 Å². The van der Waals surface area contributed by atoms with Crippen molar-refractivity contribution in [2.75, 3.05) is 0 Å². The number of aromatic nitrogens is 5. The molecule has 206 valence electrons. The van der Waals surface area contributed by atoms with Crippen LogP contribution >= 0.6 is 0 Å². The number of carbonyl (C=O) groups is 2. The molecule has 3 heterocycles. The van der Waals surface area contributed by atoms with Crippen molar-refractivity contribution in [3.63, 3.8) is 0 Å². The molecule has 0 spiro atoms. The van der Waals surface area contributed by atoms with Crippen LogP contribution in [0.25, 0.3) is 32.7 Å². The molecule has 0 bridgehead atoms. The standard InChI is InChI=1S/C34H21N5O4/c40-31-22-8-2-3-9-23(22)32(41)28-27(31)33(42)29-30(34(28)43)39(17-21-15-35-25-11-5-6-12-26(25)37-21)18-38(29)16-20-14-13-19-7-1-4-10-24(19)36-20/h1-15,18H,16-17H2,(H-,35,37,40,41,42,43)/p+1. The largest absolute Gasteiger partial charge is 0.506 e. The molecule has 0 unspecified atom stereocenters. The van der Waals surface area contributed by atoms with Crippen molar-refractivity contribution in [3.8, 4) is 11.5 Å². The maximum Gasteiger partial charge on any atom is 0.245 e. The molecule has 9 nitrogen and oxygen atoms in total. The van der Waals surface area contributed by atoms with Crippen LogP contribution in [0, 0.1) is 0 Å². The summed E-state index contributed by atoms with van der Waals surface area (Å²) in [6.07, 6.45) is 3.33. The van der Waals surface area contributed by atoms with E-state index < -0.39 is 11.6 Å². The summed E-state index contributed by atoms with van der Waals surface area (Å²) in [5.41, 5.74) is 3.30. The van der Waals surface area contributed by atoms with E-state index in [1.807, 2.05) is 60.7 Å². The Morgan fingerprint density at radius 2 is 1.30 bits per heavy atom. The second-order valence-electron chi connectivity index (χ2n) is 10.6. The van der Waals surface area contributed by atoms with E-state index in [0.717, 1.165) is 16.4 Å². The summed E-state index contributed by atoms with van der Waals surface area (Å²) >= 11 is 0. The van der Waals surface area contributed by atoms with Gasteiger partial charge in [0.15, 0.2) is 0 Å². The Bertz CT molecular complexity index is 2160. The maximum atomic E-state index is 14.2. The lowest BCUT2D eigenvalue weighted by Gasteiger charge is -2.18. The summed E-state index contributed by atoms with van der Waals surface area (Å²) in [5.74, 6) is -1.81. The number of aromatic hydroxyl groups is 2. The van der Waals surface area contributed by atoms with Crippen LogP contribution in [-0.4, -0.2) is 41.3 Å². The van der Waals surface area contributed by atoms with Gasteiger partial charge in [0.2, 0.25) is 29.3 Å². The molecule has 8 rings (SSSR count). The van der Waals surface area contributed by atoms with Gasteiger partial charge in [0.05, 0.1) is 39.6 Å². The molecule has 1 aliphatic carbocycles. The molecular weight excluding hydrogens is 542 g/mol. The number of hydrogen-bond donors (Lipinski definition) is 2. The van der Waals surface area contributed by atoms with Crippen LogP contribution in [0.4, 0.5) is 0 Å². The number of pyridine rings is 1. The average molecular weight is 565 g/mol. The van der Waals surface area contributed by atoms with Crippen molar-refractivity contribution < 1.29 is 24.4 Å². The SMILES string of the molecule is O=C1c2c(c(O)c3ccccc3c2O)C(=O)c2c1n(Cc1ccc3ccccc3n1)c[n+]2Cc1cnc2ccccc2n1. The fourth-order valence-electron chi connectivity index (χ4n) is 5.97. The van der Waals surface area contributed by atoms with E-state index in [1.54, 1.807) is 45.9 Å². The molecule has 0 amide bonds. The Morgan fingerprint density at radius 3 is 2.07 bits per heavy atom. The second kappa shape index (κ2) is 9.28. The minimum atomic E-state index is -0.567. The van der Waals surface area contributed by atoms with E-state index in [9.17, 15) is 19.8 Å². The minimum absolute atomic E-state index is 0.0956. The topological polar surface area (TPSA) is 122 Å². The first-order chi connectivity index (χ1) is 21.0. The molecule has 43 heavy (non-hydrogen) atoms. The van der Waals surface area contributed by atoms with Crippen molar-refractivity contribution in [3.05, 3.63) is 131 Å². The van der Waals surface area contributed by atoms with E-state index in [0.29, 0.717) is 16.9 Å². The molecule has 0 saturated carbocycles. The summed E-state index contributed by atoms with van der Waals surface area (Å²) in [5, 5.41) is 24.0. The molecule has 2 N–H and O–H groups in total. The van der Waals surface area contributed by atoms with E-state index in [4.69, 9.17) is 9.97 Å². The Balaban J connectivity index is 1.32. The predicted molar refractivity (Wildman–Crippen MR) is 158 cm³/mol. The third-order valence-electron chi connectivity index (χ3n) is 7.94. The fourth-order valence-corrected chi connectivity index (χ4v) is 5.97. The average Bonchev–Trinajstić information content (AvgIpc) is 3.39. The number of para-hydroxylation sites is 3. The minimum Gasteiger partial charge on any atom is -0.506 e. The zero-order valence-corrected chi connectivity index (χ0v) is 22.6. The molecule has 7 aromatic rings. The molecule has 1 aliphatic rings. The van der Waals surface area contributed by atoms with Crippen molar-refractivity contribution in [1.82, 2.24) is 19.5 Å². The Kier molecular flexibility index (Phi) is 5.36. The smallest absolute Gasteiger partial charge is 0.245 e. The van der Waals surface area contributed by atoms with Gasteiger partial charge in [-0.2, -0.15) is 0 Å². The molecular formula is C34H22N5O4+. The van der Waals surface area contributed by atoms with Gasteiger partial charge in [-0.15, -0.1) is 0 Å². The van der Waals surface area contributed by atoms with Gasteiger partial charge in [-0.3, -0.25) is 14.6 Å². The molecule has 3 aromatic heterocycles. The number of benzene rings is 4. The predicted octanol–water partition coefficient (Wildman–Crippen LogP) is 4.70. The van der Waals surface area contributed by atoms with E-state index in [2.05, 4.69) is 4.98 Å². The van der Waals surface area contributed by atoms with Gasteiger partial charge in [-0.05, 0) is 24.3 Å². The third kappa shape index (κ3) is 3.78. The third-order valence-corrected chi connectivity index (χ3v) is 7.94.